The van der Waals surface area contributed by atoms with E-state index in [-0.39, 0.29) is 0 Å². The average molecular weight is 413 g/mol. The molecule has 0 radical (unpaired) electrons. The number of nitrogens with one attached hydrogen (secondary N) is 2. The SMILES string of the molecule is CC(C)c1cc(CC(C)c2cc(CC(C)c3cnc[nH]3)[nH]n2)ccc1-c1ccccc1. The fraction of sp³-hybridized carbons (Fsp3) is 0.333. The highest BCUT2D eigenvalue weighted by atomic mass is 15.1. The van der Waals surface area contributed by atoms with E-state index in [0.29, 0.717) is 17.8 Å². The molecule has 2 aromatic heterocycles. The quantitative estimate of drug-likeness (QED) is 0.342. The van der Waals surface area contributed by atoms with E-state index in [1.807, 2.05) is 6.20 Å². The second kappa shape index (κ2) is 9.34. The molecule has 0 aliphatic heterocycles. The predicted octanol–water partition coefficient (Wildman–Crippen LogP) is 6.62. The Morgan fingerprint density at radius 1 is 0.871 bits per heavy atom. The molecule has 0 fully saturated rings. The first-order chi connectivity index (χ1) is 15.0. The maximum absolute atomic E-state index is 4.62. The maximum Gasteiger partial charge on any atom is 0.0921 e. The Morgan fingerprint density at radius 2 is 1.68 bits per heavy atom. The van der Waals surface area contributed by atoms with Crippen LogP contribution in [0.1, 0.15) is 73.7 Å². The Bertz CT molecular complexity index is 1090. The summed E-state index contributed by atoms with van der Waals surface area (Å²) in [5, 5.41) is 7.86. The molecule has 2 aromatic carbocycles. The van der Waals surface area contributed by atoms with E-state index in [1.165, 1.54) is 27.9 Å². The van der Waals surface area contributed by atoms with Gasteiger partial charge in [-0.2, -0.15) is 5.10 Å². The third-order valence-corrected chi connectivity index (χ3v) is 6.10. The van der Waals surface area contributed by atoms with Gasteiger partial charge in [-0.15, -0.1) is 0 Å². The van der Waals surface area contributed by atoms with Gasteiger partial charge in [0.1, 0.15) is 0 Å². The molecule has 0 spiro atoms. The molecule has 2 heterocycles. The Morgan fingerprint density at radius 3 is 2.39 bits per heavy atom. The van der Waals surface area contributed by atoms with Crippen molar-refractivity contribution in [2.75, 3.05) is 0 Å². The molecule has 4 heteroatoms. The first kappa shape index (κ1) is 21.1. The lowest BCUT2D eigenvalue weighted by Gasteiger charge is -2.16. The Balaban J connectivity index is 1.48. The molecule has 31 heavy (non-hydrogen) atoms. The zero-order valence-corrected chi connectivity index (χ0v) is 18.9. The Labute approximate surface area is 185 Å². The number of aromatic amines is 2. The van der Waals surface area contributed by atoms with E-state index >= 15 is 0 Å². The molecule has 0 bridgehead atoms. The summed E-state index contributed by atoms with van der Waals surface area (Å²) in [6, 6.07) is 19.8. The molecule has 4 rings (SSSR count). The Kier molecular flexibility index (Phi) is 6.36. The number of hydrogen-bond donors (Lipinski definition) is 2. The van der Waals surface area contributed by atoms with E-state index in [9.17, 15) is 0 Å². The molecule has 0 saturated heterocycles. The zero-order chi connectivity index (χ0) is 21.8. The molecular weight excluding hydrogens is 380 g/mol. The second-order valence-corrected chi connectivity index (χ2v) is 8.98. The van der Waals surface area contributed by atoms with Crippen LogP contribution in [-0.2, 0) is 12.8 Å². The van der Waals surface area contributed by atoms with Gasteiger partial charge in [0, 0.05) is 29.4 Å². The van der Waals surface area contributed by atoms with Gasteiger partial charge in [-0.05, 0) is 47.1 Å². The summed E-state index contributed by atoms with van der Waals surface area (Å²) < 4.78 is 0. The molecule has 0 amide bonds. The van der Waals surface area contributed by atoms with Crippen LogP contribution >= 0.6 is 0 Å². The first-order valence-corrected chi connectivity index (χ1v) is 11.2. The van der Waals surface area contributed by atoms with E-state index in [1.54, 1.807) is 6.33 Å². The smallest absolute Gasteiger partial charge is 0.0921 e. The van der Waals surface area contributed by atoms with Gasteiger partial charge in [0.15, 0.2) is 0 Å². The van der Waals surface area contributed by atoms with E-state index in [4.69, 9.17) is 0 Å². The summed E-state index contributed by atoms with van der Waals surface area (Å²) in [5.74, 6) is 1.21. The van der Waals surface area contributed by atoms with Crippen molar-refractivity contribution in [2.24, 2.45) is 0 Å². The predicted molar refractivity (Wildman–Crippen MR) is 127 cm³/mol. The second-order valence-electron chi connectivity index (χ2n) is 8.98. The van der Waals surface area contributed by atoms with Gasteiger partial charge < -0.3 is 4.98 Å². The topological polar surface area (TPSA) is 57.4 Å². The molecule has 2 N–H and O–H groups in total. The van der Waals surface area contributed by atoms with Crippen molar-refractivity contribution in [2.45, 2.75) is 58.3 Å². The maximum atomic E-state index is 4.62. The third-order valence-electron chi connectivity index (χ3n) is 6.10. The van der Waals surface area contributed by atoms with Gasteiger partial charge in [0.2, 0.25) is 0 Å². The van der Waals surface area contributed by atoms with Gasteiger partial charge in [0.25, 0.3) is 0 Å². The van der Waals surface area contributed by atoms with E-state index in [2.05, 4.69) is 102 Å². The zero-order valence-electron chi connectivity index (χ0n) is 18.9. The highest BCUT2D eigenvalue weighted by Crippen LogP contribution is 2.31. The molecule has 0 saturated carbocycles. The number of H-pyrrole nitrogens is 2. The molecule has 4 aromatic rings. The number of benzene rings is 2. The van der Waals surface area contributed by atoms with Crippen LogP contribution < -0.4 is 0 Å². The summed E-state index contributed by atoms with van der Waals surface area (Å²) in [7, 11) is 0. The normalized spacial score (nSPS) is 13.5. The van der Waals surface area contributed by atoms with Gasteiger partial charge in [-0.3, -0.25) is 5.10 Å². The largest absolute Gasteiger partial charge is 0.348 e. The third kappa shape index (κ3) is 4.96. The van der Waals surface area contributed by atoms with Crippen LogP contribution in [0.2, 0.25) is 0 Å². The van der Waals surface area contributed by atoms with Crippen molar-refractivity contribution >= 4 is 0 Å². The lowest BCUT2D eigenvalue weighted by atomic mass is 9.88. The highest BCUT2D eigenvalue weighted by Gasteiger charge is 2.16. The van der Waals surface area contributed by atoms with Gasteiger partial charge in [0.05, 0.1) is 12.0 Å². The van der Waals surface area contributed by atoms with Crippen molar-refractivity contribution in [3.8, 4) is 11.1 Å². The molecule has 2 unspecified atom stereocenters. The number of aromatic nitrogens is 4. The lowest BCUT2D eigenvalue weighted by Crippen LogP contribution is -2.01. The molecule has 0 aliphatic rings. The Hall–Kier alpha value is -3.14. The monoisotopic (exact) mass is 412 g/mol. The number of imidazole rings is 1. The molecule has 160 valence electrons. The summed E-state index contributed by atoms with van der Waals surface area (Å²) in [5.41, 5.74) is 8.86. The summed E-state index contributed by atoms with van der Waals surface area (Å²) in [6.45, 7) is 9.02. The minimum Gasteiger partial charge on any atom is -0.348 e. The fourth-order valence-corrected chi connectivity index (χ4v) is 4.27. The molecule has 2 atom stereocenters. The number of hydrogen-bond acceptors (Lipinski definition) is 2. The number of rotatable bonds is 8. The van der Waals surface area contributed by atoms with Crippen LogP contribution in [0.25, 0.3) is 11.1 Å². The van der Waals surface area contributed by atoms with Crippen LogP contribution in [0.4, 0.5) is 0 Å². The molecule has 4 nitrogen and oxygen atoms in total. The minimum absolute atomic E-state index is 0.357. The molecular formula is C27H32N4. The minimum atomic E-state index is 0.357. The van der Waals surface area contributed by atoms with E-state index in [0.717, 1.165) is 24.2 Å². The number of nitrogens with zero attached hydrogens (tertiary/aromatic N) is 2. The summed E-state index contributed by atoms with van der Waals surface area (Å²) in [4.78, 5) is 7.33. The van der Waals surface area contributed by atoms with Crippen molar-refractivity contribution < 1.29 is 0 Å². The van der Waals surface area contributed by atoms with E-state index < -0.39 is 0 Å². The van der Waals surface area contributed by atoms with Crippen LogP contribution in [0.15, 0.2) is 67.1 Å². The van der Waals surface area contributed by atoms with Gasteiger partial charge >= 0.3 is 0 Å². The fourth-order valence-electron chi connectivity index (χ4n) is 4.27. The van der Waals surface area contributed by atoms with Crippen LogP contribution in [0.3, 0.4) is 0 Å². The van der Waals surface area contributed by atoms with Crippen molar-refractivity contribution in [1.82, 2.24) is 20.2 Å². The van der Waals surface area contributed by atoms with Gasteiger partial charge in [-0.25, -0.2) is 4.98 Å². The van der Waals surface area contributed by atoms with Crippen molar-refractivity contribution in [3.05, 3.63) is 95.3 Å². The summed E-state index contributed by atoms with van der Waals surface area (Å²) >= 11 is 0. The van der Waals surface area contributed by atoms with Gasteiger partial charge in [-0.1, -0.05) is 76.2 Å². The molecule has 0 aliphatic carbocycles. The standard InChI is InChI=1S/C27H32N4/c1-18(2)25-14-21(10-11-24(25)22-8-6-5-7-9-22)12-19(3)26-15-23(30-31-26)13-20(4)27-16-28-17-29-27/h5-11,14-20H,12-13H2,1-4H3,(H,28,29)(H,30,31). The lowest BCUT2D eigenvalue weighted by molar-refractivity contribution is 0.711. The van der Waals surface area contributed by atoms with Crippen molar-refractivity contribution in [1.29, 1.82) is 0 Å². The van der Waals surface area contributed by atoms with Crippen LogP contribution in [-0.4, -0.2) is 20.2 Å². The first-order valence-electron chi connectivity index (χ1n) is 11.2. The summed E-state index contributed by atoms with van der Waals surface area (Å²) in [6.07, 6.45) is 5.54. The van der Waals surface area contributed by atoms with Crippen LogP contribution in [0.5, 0.6) is 0 Å². The highest BCUT2D eigenvalue weighted by molar-refractivity contribution is 5.68. The van der Waals surface area contributed by atoms with Crippen molar-refractivity contribution in [3.63, 3.8) is 0 Å². The van der Waals surface area contributed by atoms with Crippen LogP contribution in [0, 0.1) is 0 Å². The average Bonchev–Trinajstić information content (AvgIpc) is 3.47.